The monoisotopic (exact) mass is 267 g/mol. The molecule has 1 heterocycles. The van der Waals surface area contributed by atoms with Gasteiger partial charge in [0.15, 0.2) is 5.78 Å². The minimum Gasteiger partial charge on any atom is -0.378 e. The number of Topliss-reactive ketones (excluding diaryl/α,β-unsaturated/α-hetero) is 1. The quantitative estimate of drug-likeness (QED) is 0.868. The molecule has 102 valence electrons. The summed E-state index contributed by atoms with van der Waals surface area (Å²) in [5.41, 5.74) is 3.01. The number of rotatable bonds is 3. The first-order chi connectivity index (χ1) is 9.84. The molecule has 0 bridgehead atoms. The molecule has 1 saturated heterocycles. The fourth-order valence-electron chi connectivity index (χ4n) is 2.39. The van der Waals surface area contributed by atoms with Gasteiger partial charge >= 0.3 is 0 Å². The van der Waals surface area contributed by atoms with Crippen molar-refractivity contribution in [2.24, 2.45) is 0 Å². The van der Waals surface area contributed by atoms with E-state index in [1.165, 1.54) is 0 Å². The van der Waals surface area contributed by atoms with Crippen LogP contribution in [0.2, 0.25) is 0 Å². The van der Waals surface area contributed by atoms with Crippen LogP contribution in [0.25, 0.3) is 11.1 Å². The predicted octanol–water partition coefficient (Wildman–Crippen LogP) is 2.52. The Morgan fingerprint density at radius 3 is 2.35 bits per heavy atom. The third kappa shape index (κ3) is 2.79. The molecule has 3 nitrogen and oxygen atoms in total. The lowest BCUT2D eigenvalue weighted by Crippen LogP contribution is -2.46. The van der Waals surface area contributed by atoms with Crippen molar-refractivity contribution in [3.63, 3.8) is 0 Å². The Morgan fingerprint density at radius 2 is 1.70 bits per heavy atom. The van der Waals surface area contributed by atoms with Crippen molar-refractivity contribution in [2.75, 3.05) is 19.8 Å². The summed E-state index contributed by atoms with van der Waals surface area (Å²) in [4.78, 5) is 12.3. The average Bonchev–Trinajstić information content (AvgIpc) is 2.56. The van der Waals surface area contributed by atoms with Gasteiger partial charge in [0, 0.05) is 12.1 Å². The maximum Gasteiger partial charge on any atom is 0.182 e. The van der Waals surface area contributed by atoms with Crippen molar-refractivity contribution < 1.29 is 9.53 Å². The van der Waals surface area contributed by atoms with E-state index in [0.717, 1.165) is 23.2 Å². The lowest BCUT2D eigenvalue weighted by molar-refractivity contribution is 0.0607. The first kappa shape index (κ1) is 13.0. The molecule has 0 amide bonds. The van der Waals surface area contributed by atoms with E-state index in [4.69, 9.17) is 4.74 Å². The highest BCUT2D eigenvalue weighted by Crippen LogP contribution is 2.19. The standard InChI is InChI=1S/C17H17NO2/c19-17(16-12-20-11-10-18-16)15-8-6-14(7-9-15)13-4-2-1-3-5-13/h1-9,16,18H,10-12H2. The molecule has 3 rings (SSSR count). The number of nitrogens with one attached hydrogen (secondary N) is 1. The first-order valence-electron chi connectivity index (χ1n) is 6.85. The Labute approximate surface area is 118 Å². The van der Waals surface area contributed by atoms with Gasteiger partial charge in [-0.15, -0.1) is 0 Å². The lowest BCUT2D eigenvalue weighted by atomic mass is 9.99. The fraction of sp³-hybridized carbons (Fsp3) is 0.235. The van der Waals surface area contributed by atoms with Crippen molar-refractivity contribution in [3.05, 3.63) is 60.2 Å². The van der Waals surface area contributed by atoms with Crippen molar-refractivity contribution in [1.82, 2.24) is 5.32 Å². The van der Waals surface area contributed by atoms with Crippen LogP contribution in [0, 0.1) is 0 Å². The molecule has 1 unspecified atom stereocenters. The first-order valence-corrected chi connectivity index (χ1v) is 6.85. The molecule has 0 aliphatic carbocycles. The maximum atomic E-state index is 12.3. The van der Waals surface area contributed by atoms with Crippen LogP contribution in [0.5, 0.6) is 0 Å². The molecule has 20 heavy (non-hydrogen) atoms. The second-order valence-electron chi connectivity index (χ2n) is 4.89. The van der Waals surface area contributed by atoms with E-state index in [2.05, 4.69) is 17.4 Å². The number of hydrogen-bond acceptors (Lipinski definition) is 3. The lowest BCUT2D eigenvalue weighted by Gasteiger charge is -2.22. The third-order valence-electron chi connectivity index (χ3n) is 3.51. The van der Waals surface area contributed by atoms with Gasteiger partial charge in [0.2, 0.25) is 0 Å². The highest BCUT2D eigenvalue weighted by Gasteiger charge is 2.22. The van der Waals surface area contributed by atoms with Gasteiger partial charge in [0.05, 0.1) is 19.3 Å². The van der Waals surface area contributed by atoms with Crippen molar-refractivity contribution in [2.45, 2.75) is 6.04 Å². The minimum absolute atomic E-state index is 0.101. The summed E-state index contributed by atoms with van der Waals surface area (Å²) in [7, 11) is 0. The van der Waals surface area contributed by atoms with Crippen LogP contribution in [-0.2, 0) is 4.74 Å². The Kier molecular flexibility index (Phi) is 3.90. The van der Waals surface area contributed by atoms with E-state index in [0.29, 0.717) is 13.2 Å². The number of ether oxygens (including phenoxy) is 1. The van der Waals surface area contributed by atoms with Gasteiger partial charge in [-0.1, -0.05) is 54.6 Å². The molecule has 1 fully saturated rings. The van der Waals surface area contributed by atoms with Crippen LogP contribution >= 0.6 is 0 Å². The number of hydrogen-bond donors (Lipinski definition) is 1. The summed E-state index contributed by atoms with van der Waals surface area (Å²) in [5.74, 6) is 0.101. The minimum atomic E-state index is -0.216. The second kappa shape index (κ2) is 5.99. The van der Waals surface area contributed by atoms with Gasteiger partial charge in [0.25, 0.3) is 0 Å². The molecule has 0 aromatic heterocycles. The zero-order valence-corrected chi connectivity index (χ0v) is 11.2. The van der Waals surface area contributed by atoms with Gasteiger partial charge in [-0.3, -0.25) is 4.79 Å². The molecule has 0 saturated carbocycles. The van der Waals surface area contributed by atoms with Crippen LogP contribution in [-0.4, -0.2) is 31.6 Å². The maximum absolute atomic E-state index is 12.3. The SMILES string of the molecule is O=C(c1ccc(-c2ccccc2)cc1)C1COCCN1. The van der Waals surface area contributed by atoms with Crippen molar-refractivity contribution in [1.29, 1.82) is 0 Å². The normalized spacial score (nSPS) is 18.7. The van der Waals surface area contributed by atoms with Gasteiger partial charge in [-0.25, -0.2) is 0 Å². The summed E-state index contributed by atoms with van der Waals surface area (Å²) < 4.78 is 5.33. The molecule has 1 atom stereocenters. The molecule has 2 aromatic carbocycles. The number of carbonyl (C=O) groups is 1. The molecule has 1 aliphatic rings. The number of carbonyl (C=O) groups excluding carboxylic acids is 1. The fourth-order valence-corrected chi connectivity index (χ4v) is 2.39. The average molecular weight is 267 g/mol. The van der Waals surface area contributed by atoms with Gasteiger partial charge in [-0.05, 0) is 11.1 Å². The summed E-state index contributed by atoms with van der Waals surface area (Å²) in [6, 6.07) is 17.7. The molecule has 1 N–H and O–H groups in total. The highest BCUT2D eigenvalue weighted by molar-refractivity contribution is 6.00. The smallest absolute Gasteiger partial charge is 0.182 e. The van der Waals surface area contributed by atoms with Crippen LogP contribution in [0.1, 0.15) is 10.4 Å². The van der Waals surface area contributed by atoms with Crippen LogP contribution < -0.4 is 5.32 Å². The van der Waals surface area contributed by atoms with E-state index < -0.39 is 0 Å². The molecule has 2 aromatic rings. The van der Waals surface area contributed by atoms with E-state index in [1.54, 1.807) is 0 Å². The van der Waals surface area contributed by atoms with Crippen LogP contribution in [0.15, 0.2) is 54.6 Å². The zero-order chi connectivity index (χ0) is 13.8. The Bertz CT molecular complexity index is 572. The topological polar surface area (TPSA) is 38.3 Å². The molecule has 0 spiro atoms. The Hall–Kier alpha value is -1.97. The summed E-state index contributed by atoms with van der Waals surface area (Å²) in [6.07, 6.45) is 0. The predicted molar refractivity (Wildman–Crippen MR) is 78.8 cm³/mol. The van der Waals surface area contributed by atoms with E-state index >= 15 is 0 Å². The van der Waals surface area contributed by atoms with Crippen molar-refractivity contribution >= 4 is 5.78 Å². The van der Waals surface area contributed by atoms with E-state index in [-0.39, 0.29) is 11.8 Å². The molecular formula is C17H17NO2. The second-order valence-corrected chi connectivity index (χ2v) is 4.89. The summed E-state index contributed by atoms with van der Waals surface area (Å²) >= 11 is 0. The number of ketones is 1. The molecule has 1 aliphatic heterocycles. The van der Waals surface area contributed by atoms with E-state index in [1.807, 2.05) is 42.5 Å². The van der Waals surface area contributed by atoms with Gasteiger partial charge < -0.3 is 10.1 Å². The summed E-state index contributed by atoms with van der Waals surface area (Å²) in [6.45, 7) is 1.87. The largest absolute Gasteiger partial charge is 0.378 e. The third-order valence-corrected chi connectivity index (χ3v) is 3.51. The number of morpholine rings is 1. The Morgan fingerprint density at radius 1 is 1.00 bits per heavy atom. The van der Waals surface area contributed by atoms with E-state index in [9.17, 15) is 4.79 Å². The van der Waals surface area contributed by atoms with Crippen LogP contribution in [0.3, 0.4) is 0 Å². The zero-order valence-electron chi connectivity index (χ0n) is 11.2. The molecular weight excluding hydrogens is 250 g/mol. The van der Waals surface area contributed by atoms with Crippen LogP contribution in [0.4, 0.5) is 0 Å². The Balaban J connectivity index is 1.77. The molecule has 0 radical (unpaired) electrons. The molecule has 3 heteroatoms. The van der Waals surface area contributed by atoms with Gasteiger partial charge in [-0.2, -0.15) is 0 Å². The highest BCUT2D eigenvalue weighted by atomic mass is 16.5. The summed E-state index contributed by atoms with van der Waals surface area (Å²) in [5, 5.41) is 3.19. The van der Waals surface area contributed by atoms with Crippen molar-refractivity contribution in [3.8, 4) is 11.1 Å². The number of benzene rings is 2. The van der Waals surface area contributed by atoms with Gasteiger partial charge in [0.1, 0.15) is 0 Å².